The van der Waals surface area contributed by atoms with Gasteiger partial charge in [-0.05, 0) is 48.4 Å². The van der Waals surface area contributed by atoms with Gasteiger partial charge in [-0.25, -0.2) is 0 Å². The van der Waals surface area contributed by atoms with E-state index in [2.05, 4.69) is 4.74 Å². The lowest BCUT2D eigenvalue weighted by Gasteiger charge is -2.16. The Hall–Kier alpha value is -1.55. The minimum Gasteiger partial charge on any atom is -0.508 e. The summed E-state index contributed by atoms with van der Waals surface area (Å²) in [5.74, 6) is 0.329. The Kier molecular flexibility index (Phi) is 3.87. The second kappa shape index (κ2) is 5.40. The van der Waals surface area contributed by atoms with Crippen LogP contribution in [0, 0.1) is 0 Å². The topological polar surface area (TPSA) is 72.5 Å². The lowest BCUT2D eigenvalue weighted by atomic mass is 9.93. The van der Waals surface area contributed by atoms with Gasteiger partial charge >= 0.3 is 5.97 Å². The third-order valence-corrected chi connectivity index (χ3v) is 3.63. The Bertz CT molecular complexity index is 445. The number of fused-ring (bicyclic) bond motifs is 1. The largest absolute Gasteiger partial charge is 0.508 e. The van der Waals surface area contributed by atoms with Crippen molar-refractivity contribution in [3.05, 3.63) is 29.3 Å². The molecule has 0 saturated heterocycles. The molecular formula is C14H19NO3. The van der Waals surface area contributed by atoms with Gasteiger partial charge in [-0.15, -0.1) is 0 Å². The van der Waals surface area contributed by atoms with Crippen LogP contribution in [0.15, 0.2) is 18.2 Å². The maximum absolute atomic E-state index is 11.1. The molecule has 4 nitrogen and oxygen atoms in total. The van der Waals surface area contributed by atoms with Crippen molar-refractivity contribution in [2.24, 2.45) is 5.73 Å². The van der Waals surface area contributed by atoms with Gasteiger partial charge in [-0.3, -0.25) is 4.79 Å². The number of nitrogens with two attached hydrogens (primary N) is 1. The number of esters is 1. The van der Waals surface area contributed by atoms with E-state index in [1.807, 2.05) is 6.07 Å². The summed E-state index contributed by atoms with van der Waals surface area (Å²) in [4.78, 5) is 11.1. The van der Waals surface area contributed by atoms with Crippen molar-refractivity contribution in [2.75, 3.05) is 7.11 Å². The molecule has 3 N–H and O–H groups in total. The molecule has 0 spiro atoms. The molecule has 18 heavy (non-hydrogen) atoms. The van der Waals surface area contributed by atoms with Gasteiger partial charge in [0, 0.05) is 12.5 Å². The van der Waals surface area contributed by atoms with E-state index in [1.54, 1.807) is 12.1 Å². The van der Waals surface area contributed by atoms with E-state index in [0.717, 1.165) is 24.8 Å². The molecule has 0 radical (unpaired) electrons. The Labute approximate surface area is 107 Å². The van der Waals surface area contributed by atoms with E-state index in [0.29, 0.717) is 6.42 Å². The summed E-state index contributed by atoms with van der Waals surface area (Å²) in [5.41, 5.74) is 8.47. The molecule has 0 aromatic heterocycles. The number of phenolic OH excluding ortho intramolecular Hbond substituents is 1. The predicted molar refractivity (Wildman–Crippen MR) is 68.4 cm³/mol. The lowest BCUT2D eigenvalue weighted by molar-refractivity contribution is -0.140. The number of phenols is 1. The molecule has 0 bridgehead atoms. The normalized spacial score (nSPS) is 21.7. The van der Waals surface area contributed by atoms with Crippen LogP contribution >= 0.6 is 0 Å². The maximum Gasteiger partial charge on any atom is 0.305 e. The standard InChI is InChI=1S/C14H19NO3/c1-18-14(17)4-2-3-11-12-8-10(16)6-5-9(12)7-13(11)15/h5-6,8,11,13,16H,2-4,7,15H2,1H3. The minimum absolute atomic E-state index is 0.0828. The first kappa shape index (κ1) is 12.9. The number of aromatic hydroxyl groups is 1. The highest BCUT2D eigenvalue weighted by atomic mass is 16.5. The summed E-state index contributed by atoms with van der Waals surface area (Å²) in [6.45, 7) is 0. The highest BCUT2D eigenvalue weighted by molar-refractivity contribution is 5.69. The van der Waals surface area contributed by atoms with E-state index >= 15 is 0 Å². The second-order valence-corrected chi connectivity index (χ2v) is 4.83. The third-order valence-electron chi connectivity index (χ3n) is 3.63. The molecule has 0 heterocycles. The fourth-order valence-corrected chi connectivity index (χ4v) is 2.68. The third kappa shape index (κ3) is 2.64. The summed E-state index contributed by atoms with van der Waals surface area (Å²) in [6.07, 6.45) is 2.89. The molecule has 2 atom stereocenters. The van der Waals surface area contributed by atoms with Crippen molar-refractivity contribution in [2.45, 2.75) is 37.6 Å². The molecular weight excluding hydrogens is 230 g/mol. The molecule has 0 fully saturated rings. The SMILES string of the molecule is COC(=O)CCCC1c2cc(O)ccc2CC1N. The van der Waals surface area contributed by atoms with Crippen LogP contribution in [-0.2, 0) is 16.0 Å². The molecule has 2 rings (SSSR count). The molecule has 0 saturated carbocycles. The summed E-state index contributed by atoms with van der Waals surface area (Å²) >= 11 is 0. The van der Waals surface area contributed by atoms with Crippen LogP contribution in [-0.4, -0.2) is 24.2 Å². The first-order chi connectivity index (χ1) is 8.61. The molecule has 0 amide bonds. The summed E-state index contributed by atoms with van der Waals surface area (Å²) in [6, 6.07) is 5.51. The summed E-state index contributed by atoms with van der Waals surface area (Å²) in [7, 11) is 1.40. The molecule has 0 aliphatic heterocycles. The highest BCUT2D eigenvalue weighted by Gasteiger charge is 2.29. The molecule has 1 aromatic rings. The monoisotopic (exact) mass is 249 g/mol. The van der Waals surface area contributed by atoms with E-state index in [-0.39, 0.29) is 23.7 Å². The van der Waals surface area contributed by atoms with Crippen LogP contribution in [0.4, 0.5) is 0 Å². The number of rotatable bonds is 4. The van der Waals surface area contributed by atoms with E-state index < -0.39 is 0 Å². The van der Waals surface area contributed by atoms with E-state index in [4.69, 9.17) is 5.73 Å². The van der Waals surface area contributed by atoms with Gasteiger partial charge in [0.15, 0.2) is 0 Å². The van der Waals surface area contributed by atoms with Crippen LogP contribution in [0.5, 0.6) is 5.75 Å². The molecule has 1 aromatic carbocycles. The van der Waals surface area contributed by atoms with Crippen molar-refractivity contribution in [3.8, 4) is 5.75 Å². The number of benzene rings is 1. The van der Waals surface area contributed by atoms with Gasteiger partial charge < -0.3 is 15.6 Å². The fraction of sp³-hybridized carbons (Fsp3) is 0.500. The van der Waals surface area contributed by atoms with Crippen molar-refractivity contribution >= 4 is 5.97 Å². The van der Waals surface area contributed by atoms with Crippen molar-refractivity contribution in [3.63, 3.8) is 0 Å². The highest BCUT2D eigenvalue weighted by Crippen LogP contribution is 2.37. The summed E-state index contributed by atoms with van der Waals surface area (Å²) in [5, 5.41) is 9.54. The number of carbonyl (C=O) groups is 1. The Morgan fingerprint density at radius 3 is 3.06 bits per heavy atom. The number of hydrogen-bond acceptors (Lipinski definition) is 4. The Morgan fingerprint density at radius 2 is 2.33 bits per heavy atom. The van der Waals surface area contributed by atoms with Gasteiger partial charge in [0.25, 0.3) is 0 Å². The van der Waals surface area contributed by atoms with Gasteiger partial charge in [-0.2, -0.15) is 0 Å². The van der Waals surface area contributed by atoms with Crippen molar-refractivity contribution < 1.29 is 14.6 Å². The molecule has 98 valence electrons. The van der Waals surface area contributed by atoms with E-state index in [1.165, 1.54) is 12.7 Å². The van der Waals surface area contributed by atoms with Gasteiger partial charge in [0.1, 0.15) is 5.75 Å². The minimum atomic E-state index is -0.183. The Morgan fingerprint density at radius 1 is 1.56 bits per heavy atom. The van der Waals surface area contributed by atoms with E-state index in [9.17, 15) is 9.90 Å². The number of hydrogen-bond donors (Lipinski definition) is 2. The first-order valence-corrected chi connectivity index (χ1v) is 6.26. The Balaban J connectivity index is 2.01. The van der Waals surface area contributed by atoms with Crippen LogP contribution in [0.3, 0.4) is 0 Å². The maximum atomic E-state index is 11.1. The van der Waals surface area contributed by atoms with Crippen molar-refractivity contribution in [1.82, 2.24) is 0 Å². The number of methoxy groups -OCH3 is 1. The van der Waals surface area contributed by atoms with Gasteiger partial charge in [0.2, 0.25) is 0 Å². The smallest absolute Gasteiger partial charge is 0.305 e. The quantitative estimate of drug-likeness (QED) is 0.797. The second-order valence-electron chi connectivity index (χ2n) is 4.83. The van der Waals surface area contributed by atoms with Gasteiger partial charge in [0.05, 0.1) is 7.11 Å². The first-order valence-electron chi connectivity index (χ1n) is 6.26. The zero-order valence-electron chi connectivity index (χ0n) is 10.6. The van der Waals surface area contributed by atoms with Crippen molar-refractivity contribution in [1.29, 1.82) is 0 Å². The van der Waals surface area contributed by atoms with Gasteiger partial charge in [-0.1, -0.05) is 6.07 Å². The van der Waals surface area contributed by atoms with Crippen LogP contribution in [0.2, 0.25) is 0 Å². The fourth-order valence-electron chi connectivity index (χ4n) is 2.68. The predicted octanol–water partition coefficient (Wildman–Crippen LogP) is 1.70. The molecule has 2 unspecified atom stereocenters. The summed E-state index contributed by atoms with van der Waals surface area (Å²) < 4.78 is 4.62. The van der Waals surface area contributed by atoms with Crippen LogP contribution < -0.4 is 5.73 Å². The number of ether oxygens (including phenoxy) is 1. The molecule has 4 heteroatoms. The lowest BCUT2D eigenvalue weighted by Crippen LogP contribution is -2.25. The van der Waals surface area contributed by atoms with Crippen LogP contribution in [0.25, 0.3) is 0 Å². The number of carbonyl (C=O) groups excluding carboxylic acids is 1. The zero-order valence-corrected chi connectivity index (χ0v) is 10.6. The van der Waals surface area contributed by atoms with Crippen LogP contribution in [0.1, 0.15) is 36.3 Å². The molecule has 1 aliphatic carbocycles. The average molecular weight is 249 g/mol. The zero-order chi connectivity index (χ0) is 13.1. The molecule has 1 aliphatic rings. The average Bonchev–Trinajstić information content (AvgIpc) is 2.65.